The maximum absolute atomic E-state index is 2.29. The van der Waals surface area contributed by atoms with Crippen molar-refractivity contribution in [3.8, 4) is 22.3 Å². The van der Waals surface area contributed by atoms with Crippen molar-refractivity contribution in [3.63, 3.8) is 0 Å². The summed E-state index contributed by atoms with van der Waals surface area (Å²) in [5, 5.41) is 4.56. The van der Waals surface area contributed by atoms with Gasteiger partial charge in [0.25, 0.3) is 0 Å². The molecular formula is C24H28S. The van der Waals surface area contributed by atoms with Crippen LogP contribution in [0.4, 0.5) is 0 Å². The lowest BCUT2D eigenvalue weighted by Crippen LogP contribution is -1.87. The van der Waals surface area contributed by atoms with Crippen molar-refractivity contribution in [1.29, 1.82) is 0 Å². The average Bonchev–Trinajstić information content (AvgIpc) is 3.15. The van der Waals surface area contributed by atoms with Gasteiger partial charge in [-0.15, -0.1) is 0 Å². The van der Waals surface area contributed by atoms with Crippen LogP contribution in [0.3, 0.4) is 0 Å². The van der Waals surface area contributed by atoms with Gasteiger partial charge < -0.3 is 0 Å². The lowest BCUT2D eigenvalue weighted by atomic mass is 9.96. The molecule has 3 aromatic rings. The molecular weight excluding hydrogens is 320 g/mol. The third-order valence-corrected chi connectivity index (χ3v) is 5.57. The van der Waals surface area contributed by atoms with E-state index in [1.54, 1.807) is 11.3 Å². The molecule has 0 bridgehead atoms. The van der Waals surface area contributed by atoms with E-state index < -0.39 is 0 Å². The molecule has 0 fully saturated rings. The van der Waals surface area contributed by atoms with Crippen molar-refractivity contribution in [2.24, 2.45) is 0 Å². The summed E-state index contributed by atoms with van der Waals surface area (Å²) in [6, 6.07) is 18.3. The molecule has 0 aliphatic heterocycles. The Morgan fingerprint density at radius 1 is 0.600 bits per heavy atom. The van der Waals surface area contributed by atoms with Crippen LogP contribution in [-0.2, 0) is 12.8 Å². The van der Waals surface area contributed by atoms with Gasteiger partial charge in [-0.1, -0.05) is 75.2 Å². The number of thiophene rings is 1. The second kappa shape index (κ2) is 9.01. The summed E-state index contributed by atoms with van der Waals surface area (Å²) in [5.74, 6) is 0. The van der Waals surface area contributed by atoms with E-state index in [0.29, 0.717) is 0 Å². The molecule has 0 N–H and O–H groups in total. The molecule has 0 radical (unpaired) electrons. The topological polar surface area (TPSA) is 0 Å². The van der Waals surface area contributed by atoms with Gasteiger partial charge in [0, 0.05) is 11.1 Å². The first-order valence-corrected chi connectivity index (χ1v) is 10.5. The van der Waals surface area contributed by atoms with Gasteiger partial charge in [0.15, 0.2) is 0 Å². The second-order valence-corrected chi connectivity index (χ2v) is 7.54. The summed E-state index contributed by atoms with van der Waals surface area (Å²) in [5.41, 5.74) is 8.25. The van der Waals surface area contributed by atoms with Gasteiger partial charge in [-0.05, 0) is 58.7 Å². The molecule has 130 valence electrons. The maximum Gasteiger partial charge on any atom is 0.000184 e. The lowest BCUT2D eigenvalue weighted by Gasteiger charge is -2.08. The summed E-state index contributed by atoms with van der Waals surface area (Å²) < 4.78 is 0. The second-order valence-electron chi connectivity index (χ2n) is 6.80. The smallest absolute Gasteiger partial charge is 0.000184 e. The van der Waals surface area contributed by atoms with Crippen LogP contribution in [0.25, 0.3) is 22.3 Å². The number of rotatable bonds is 8. The van der Waals surface area contributed by atoms with Gasteiger partial charge in [0.05, 0.1) is 0 Å². The zero-order valence-corrected chi connectivity index (χ0v) is 16.2. The zero-order chi connectivity index (χ0) is 17.5. The highest BCUT2D eigenvalue weighted by atomic mass is 32.1. The summed E-state index contributed by atoms with van der Waals surface area (Å²) in [6.07, 6.45) is 7.43. The summed E-state index contributed by atoms with van der Waals surface area (Å²) in [4.78, 5) is 0. The zero-order valence-electron chi connectivity index (χ0n) is 15.4. The Labute approximate surface area is 156 Å². The minimum atomic E-state index is 1.19. The van der Waals surface area contributed by atoms with E-state index in [9.17, 15) is 0 Å². The van der Waals surface area contributed by atoms with E-state index in [4.69, 9.17) is 0 Å². The van der Waals surface area contributed by atoms with Gasteiger partial charge in [0.1, 0.15) is 0 Å². The number of unbranched alkanes of at least 4 members (excludes halogenated alkanes) is 2. The fourth-order valence-electron chi connectivity index (χ4n) is 3.21. The molecule has 3 rings (SSSR count). The molecule has 0 amide bonds. The molecule has 0 saturated heterocycles. The van der Waals surface area contributed by atoms with E-state index >= 15 is 0 Å². The molecule has 0 saturated carbocycles. The highest BCUT2D eigenvalue weighted by Crippen LogP contribution is 2.35. The number of benzene rings is 2. The minimum absolute atomic E-state index is 1.19. The Hall–Kier alpha value is -1.86. The first kappa shape index (κ1) is 17.9. The van der Waals surface area contributed by atoms with Crippen LogP contribution >= 0.6 is 11.3 Å². The largest absolute Gasteiger partial charge is 0.151 e. The third kappa shape index (κ3) is 4.61. The number of hydrogen-bond donors (Lipinski definition) is 0. The Morgan fingerprint density at radius 2 is 1.00 bits per heavy atom. The molecule has 0 aliphatic rings. The van der Waals surface area contributed by atoms with Crippen molar-refractivity contribution in [2.75, 3.05) is 0 Å². The maximum atomic E-state index is 2.29. The molecule has 2 aromatic carbocycles. The highest BCUT2D eigenvalue weighted by molar-refractivity contribution is 7.08. The Balaban J connectivity index is 1.80. The molecule has 0 spiro atoms. The number of hydrogen-bond acceptors (Lipinski definition) is 1. The van der Waals surface area contributed by atoms with Crippen LogP contribution in [0.1, 0.15) is 50.7 Å². The Kier molecular flexibility index (Phi) is 6.47. The van der Waals surface area contributed by atoms with Gasteiger partial charge in [-0.3, -0.25) is 0 Å². The van der Waals surface area contributed by atoms with E-state index in [2.05, 4.69) is 73.1 Å². The first-order valence-electron chi connectivity index (χ1n) is 9.56. The van der Waals surface area contributed by atoms with Gasteiger partial charge in [-0.2, -0.15) is 11.3 Å². The van der Waals surface area contributed by atoms with Crippen molar-refractivity contribution in [3.05, 3.63) is 70.4 Å². The predicted molar refractivity (Wildman–Crippen MR) is 112 cm³/mol. The Bertz CT molecular complexity index is 697. The Morgan fingerprint density at radius 3 is 1.36 bits per heavy atom. The molecule has 0 atom stereocenters. The monoisotopic (exact) mass is 348 g/mol. The fraction of sp³-hybridized carbons (Fsp3) is 0.333. The quantitative estimate of drug-likeness (QED) is 0.390. The standard InChI is InChI=1S/C24H28S/c1-3-5-7-19-9-13-21(14-10-19)23-17-25-18-24(23)22-15-11-20(12-16-22)8-6-4-2/h9-18H,3-8H2,1-2H3. The van der Waals surface area contributed by atoms with E-state index in [1.165, 1.54) is 71.9 Å². The number of aryl methyl sites for hydroxylation is 2. The molecule has 0 aliphatic carbocycles. The lowest BCUT2D eigenvalue weighted by molar-refractivity contribution is 0.795. The fourth-order valence-corrected chi connectivity index (χ4v) is 4.07. The van der Waals surface area contributed by atoms with Crippen LogP contribution in [0.5, 0.6) is 0 Å². The highest BCUT2D eigenvalue weighted by Gasteiger charge is 2.09. The molecule has 0 unspecified atom stereocenters. The average molecular weight is 349 g/mol. The van der Waals surface area contributed by atoms with Gasteiger partial charge >= 0.3 is 0 Å². The summed E-state index contributed by atoms with van der Waals surface area (Å²) in [6.45, 7) is 4.50. The summed E-state index contributed by atoms with van der Waals surface area (Å²) in [7, 11) is 0. The van der Waals surface area contributed by atoms with Crippen molar-refractivity contribution >= 4 is 11.3 Å². The van der Waals surface area contributed by atoms with Crippen LogP contribution in [-0.4, -0.2) is 0 Å². The van der Waals surface area contributed by atoms with E-state index in [0.717, 1.165) is 0 Å². The molecule has 25 heavy (non-hydrogen) atoms. The van der Waals surface area contributed by atoms with Gasteiger partial charge in [-0.25, -0.2) is 0 Å². The summed E-state index contributed by atoms with van der Waals surface area (Å²) >= 11 is 1.79. The van der Waals surface area contributed by atoms with Crippen molar-refractivity contribution in [1.82, 2.24) is 0 Å². The van der Waals surface area contributed by atoms with E-state index in [-0.39, 0.29) is 0 Å². The molecule has 1 heterocycles. The van der Waals surface area contributed by atoms with Gasteiger partial charge in [0.2, 0.25) is 0 Å². The minimum Gasteiger partial charge on any atom is -0.151 e. The van der Waals surface area contributed by atoms with Crippen LogP contribution in [0.2, 0.25) is 0 Å². The van der Waals surface area contributed by atoms with Crippen LogP contribution in [0.15, 0.2) is 59.3 Å². The third-order valence-electron chi connectivity index (χ3n) is 4.83. The van der Waals surface area contributed by atoms with Crippen LogP contribution < -0.4 is 0 Å². The SMILES string of the molecule is CCCCc1ccc(-c2cscc2-c2ccc(CCCC)cc2)cc1. The molecule has 1 aromatic heterocycles. The van der Waals surface area contributed by atoms with Crippen molar-refractivity contribution < 1.29 is 0 Å². The first-order chi connectivity index (χ1) is 12.3. The van der Waals surface area contributed by atoms with E-state index in [1.807, 2.05) is 0 Å². The molecule has 0 nitrogen and oxygen atoms in total. The molecule has 1 heteroatoms. The normalized spacial score (nSPS) is 11.0. The van der Waals surface area contributed by atoms with Crippen LogP contribution in [0, 0.1) is 0 Å². The predicted octanol–water partition coefficient (Wildman–Crippen LogP) is 7.77. The van der Waals surface area contributed by atoms with Crippen molar-refractivity contribution in [2.45, 2.75) is 52.4 Å².